The van der Waals surface area contributed by atoms with Gasteiger partial charge in [-0.1, -0.05) is 0 Å². The van der Waals surface area contributed by atoms with Crippen LogP contribution in [0.2, 0.25) is 5.02 Å². The maximum atomic E-state index is 5.54. The number of pyridine rings is 1. The number of hydrogen-bond donors (Lipinski definition) is 0. The summed E-state index contributed by atoms with van der Waals surface area (Å²) in [6, 6.07) is 3.66. The Morgan fingerprint density at radius 2 is 2.25 bits per heavy atom. The number of halogens is 1. The van der Waals surface area contributed by atoms with Crippen LogP contribution in [0.25, 0.3) is 0 Å². The van der Waals surface area contributed by atoms with Gasteiger partial charge in [0, 0.05) is 0 Å². The Balaban J connectivity index is 3.03. The van der Waals surface area contributed by atoms with Crippen LogP contribution in [0, 0.1) is 0 Å². The van der Waals surface area contributed by atoms with Gasteiger partial charge < -0.3 is 0 Å². The molecule has 1 aromatic heterocycles. The van der Waals surface area contributed by atoms with Gasteiger partial charge in [-0.15, -0.1) is 0 Å². The van der Waals surface area contributed by atoms with Gasteiger partial charge in [0.1, 0.15) is 0 Å². The van der Waals surface area contributed by atoms with E-state index in [1.807, 2.05) is 12.1 Å². The molecule has 8 heavy (non-hydrogen) atoms. The van der Waals surface area contributed by atoms with Crippen LogP contribution in [0.5, 0.6) is 0 Å². The molecule has 0 saturated heterocycles. The van der Waals surface area contributed by atoms with Crippen molar-refractivity contribution in [3.63, 3.8) is 0 Å². The first kappa shape index (κ1) is 6.12. The van der Waals surface area contributed by atoms with Crippen molar-refractivity contribution in [1.82, 2.24) is 4.98 Å². The molecule has 0 amide bonds. The Labute approximate surface area is 61.6 Å². The molecule has 0 aromatic carbocycles. The summed E-state index contributed by atoms with van der Waals surface area (Å²) in [7, 11) is 0. The van der Waals surface area contributed by atoms with E-state index in [-0.39, 0.29) is 0 Å². The van der Waals surface area contributed by atoms with Crippen molar-refractivity contribution in [3.05, 3.63) is 23.4 Å². The van der Waals surface area contributed by atoms with Crippen molar-refractivity contribution >= 4 is 32.9 Å². The third kappa shape index (κ3) is 1.50. The number of nitrogens with zero attached hydrogens (tertiary/aromatic N) is 1. The molecule has 40 valence electrons. The first-order chi connectivity index (χ1) is 3.79. The van der Waals surface area contributed by atoms with Gasteiger partial charge in [-0.3, -0.25) is 0 Å². The molecule has 0 spiro atoms. The van der Waals surface area contributed by atoms with Gasteiger partial charge in [0.25, 0.3) is 0 Å². The van der Waals surface area contributed by atoms with Crippen LogP contribution in [0.4, 0.5) is 0 Å². The van der Waals surface area contributed by atoms with Crippen LogP contribution in [0.3, 0.4) is 0 Å². The van der Waals surface area contributed by atoms with Gasteiger partial charge in [-0.05, 0) is 0 Å². The van der Waals surface area contributed by atoms with Gasteiger partial charge in [-0.2, -0.15) is 0 Å². The zero-order valence-corrected chi connectivity index (χ0v) is 6.64. The van der Waals surface area contributed by atoms with Gasteiger partial charge in [-0.25, -0.2) is 0 Å². The summed E-state index contributed by atoms with van der Waals surface area (Å²) >= 11 is 7.89. The van der Waals surface area contributed by atoms with Gasteiger partial charge >= 0.3 is 61.3 Å². The molecule has 3 heteroatoms. The average Bonchev–Trinajstić information content (AvgIpc) is 1.77. The third-order valence-corrected chi connectivity index (χ3v) is 1.49. The van der Waals surface area contributed by atoms with Crippen LogP contribution < -0.4 is 4.48 Å². The molecule has 0 bridgehead atoms. The van der Waals surface area contributed by atoms with E-state index >= 15 is 0 Å². The molecule has 0 fully saturated rings. The van der Waals surface area contributed by atoms with Crippen LogP contribution in [-0.2, 0) is 0 Å². The molecular formula is C5H3AsClN. The van der Waals surface area contributed by atoms with Crippen molar-refractivity contribution in [2.75, 3.05) is 0 Å². The van der Waals surface area contributed by atoms with Gasteiger partial charge in [0.05, 0.1) is 0 Å². The minimum absolute atomic E-state index is 0.680. The number of aromatic nitrogens is 1. The van der Waals surface area contributed by atoms with E-state index in [1.165, 1.54) is 0 Å². The molecule has 1 rings (SSSR count). The van der Waals surface area contributed by atoms with E-state index in [0.717, 1.165) is 4.48 Å². The fraction of sp³-hybridized carbons (Fsp3) is 0. The van der Waals surface area contributed by atoms with E-state index < -0.39 is 0 Å². The fourth-order valence-electron chi connectivity index (χ4n) is 0.368. The molecule has 0 N–H and O–H groups in total. The van der Waals surface area contributed by atoms with E-state index in [0.29, 0.717) is 5.02 Å². The topological polar surface area (TPSA) is 12.9 Å². The molecule has 2 radical (unpaired) electrons. The maximum absolute atomic E-state index is 5.54. The summed E-state index contributed by atoms with van der Waals surface area (Å²) in [5, 5.41) is 0.680. The Morgan fingerprint density at radius 1 is 1.50 bits per heavy atom. The molecule has 1 nitrogen and oxygen atoms in total. The molecule has 0 aliphatic rings. The van der Waals surface area contributed by atoms with E-state index in [9.17, 15) is 0 Å². The SMILES string of the molecule is Clc1ccc([As])nc1. The summed E-state index contributed by atoms with van der Waals surface area (Å²) in [5.41, 5.74) is 0. The molecule has 0 aliphatic heterocycles. The number of hydrogen-bond acceptors (Lipinski definition) is 1. The zero-order valence-electron chi connectivity index (χ0n) is 4.00. The predicted molar refractivity (Wildman–Crippen MR) is 34.6 cm³/mol. The standard InChI is InChI=1S/C5H3AsClN/c6-5-2-1-4(7)3-8-5/h1-3H. The molecule has 1 aromatic rings. The van der Waals surface area contributed by atoms with Gasteiger partial charge in [0.15, 0.2) is 0 Å². The second kappa shape index (κ2) is 2.52. The average molecular weight is 187 g/mol. The summed E-state index contributed by atoms with van der Waals surface area (Å²) in [5.74, 6) is 0. The summed E-state index contributed by atoms with van der Waals surface area (Å²) in [6.07, 6.45) is 1.62. The van der Waals surface area contributed by atoms with Crippen molar-refractivity contribution in [3.8, 4) is 0 Å². The molecule has 0 aliphatic carbocycles. The Kier molecular flexibility index (Phi) is 1.93. The van der Waals surface area contributed by atoms with Crippen LogP contribution in [-0.4, -0.2) is 21.8 Å². The molecule has 0 unspecified atom stereocenters. The fourth-order valence-corrected chi connectivity index (χ4v) is 0.757. The van der Waals surface area contributed by atoms with Crippen LogP contribution in [0.1, 0.15) is 0 Å². The van der Waals surface area contributed by atoms with Crippen molar-refractivity contribution in [2.45, 2.75) is 0 Å². The summed E-state index contributed by atoms with van der Waals surface area (Å²) in [6.45, 7) is 0. The summed E-state index contributed by atoms with van der Waals surface area (Å²) < 4.78 is 0.932. The predicted octanol–water partition coefficient (Wildman–Crippen LogP) is 0.529. The van der Waals surface area contributed by atoms with E-state index in [2.05, 4.69) is 21.8 Å². The molecular weight excluding hydrogens is 184 g/mol. The second-order valence-corrected chi connectivity index (χ2v) is 2.73. The minimum atomic E-state index is 0.680. The second-order valence-electron chi connectivity index (χ2n) is 1.33. The summed E-state index contributed by atoms with van der Waals surface area (Å²) in [4.78, 5) is 3.92. The van der Waals surface area contributed by atoms with Crippen LogP contribution in [0.15, 0.2) is 18.3 Å². The molecule has 1 heterocycles. The molecule has 0 atom stereocenters. The molecule has 0 saturated carbocycles. The van der Waals surface area contributed by atoms with Crippen molar-refractivity contribution in [1.29, 1.82) is 0 Å². The van der Waals surface area contributed by atoms with Crippen molar-refractivity contribution < 1.29 is 0 Å². The van der Waals surface area contributed by atoms with E-state index in [4.69, 9.17) is 11.6 Å². The zero-order chi connectivity index (χ0) is 5.98. The Morgan fingerprint density at radius 3 is 2.62 bits per heavy atom. The quantitative estimate of drug-likeness (QED) is 0.540. The Bertz CT molecular complexity index is 151. The monoisotopic (exact) mass is 187 g/mol. The number of rotatable bonds is 0. The van der Waals surface area contributed by atoms with E-state index in [1.54, 1.807) is 6.20 Å². The first-order valence-corrected chi connectivity index (χ1v) is 3.41. The van der Waals surface area contributed by atoms with Crippen LogP contribution >= 0.6 is 11.6 Å². The third-order valence-electron chi connectivity index (χ3n) is 0.712. The normalized spacial score (nSPS) is 9.25. The van der Waals surface area contributed by atoms with Gasteiger partial charge in [0.2, 0.25) is 0 Å². The first-order valence-electron chi connectivity index (χ1n) is 2.09. The Hall–Kier alpha value is -0.00156. The van der Waals surface area contributed by atoms with Crippen molar-refractivity contribution in [2.24, 2.45) is 0 Å².